The summed E-state index contributed by atoms with van der Waals surface area (Å²) in [6.07, 6.45) is 2.04. The maximum Gasteiger partial charge on any atom is 0.220 e. The van der Waals surface area contributed by atoms with E-state index in [2.05, 4.69) is 15.8 Å². The lowest BCUT2D eigenvalue weighted by Gasteiger charge is -2.33. The predicted molar refractivity (Wildman–Crippen MR) is 92.8 cm³/mol. The molecule has 1 saturated heterocycles. The number of carbonyl (C=O) groups is 2. The molecule has 1 aliphatic heterocycles. The second-order valence-electron chi connectivity index (χ2n) is 6.47. The maximum absolute atomic E-state index is 12.4. The lowest BCUT2D eigenvalue weighted by molar-refractivity contribution is -0.127. The van der Waals surface area contributed by atoms with Crippen molar-refractivity contribution in [3.05, 3.63) is 52.9 Å². The molecule has 0 saturated carbocycles. The van der Waals surface area contributed by atoms with Crippen LogP contribution < -0.4 is 10.6 Å². The number of piperidine rings is 1. The Bertz CT molecular complexity index is 735. The average Bonchev–Trinajstić information content (AvgIpc) is 2.93. The summed E-state index contributed by atoms with van der Waals surface area (Å²) in [6, 6.07) is 9.46. The van der Waals surface area contributed by atoms with Crippen molar-refractivity contribution in [2.24, 2.45) is 0 Å². The summed E-state index contributed by atoms with van der Waals surface area (Å²) in [5, 5.41) is 10.00. The summed E-state index contributed by atoms with van der Waals surface area (Å²) in [6.45, 7) is 3.74. The van der Waals surface area contributed by atoms with Gasteiger partial charge in [-0.15, -0.1) is 0 Å². The van der Waals surface area contributed by atoms with Crippen LogP contribution in [0.25, 0.3) is 0 Å². The molecule has 2 N–H and O–H groups in total. The summed E-state index contributed by atoms with van der Waals surface area (Å²) >= 11 is 0. The molecule has 6 heteroatoms. The fraction of sp³-hybridized carbons (Fsp3) is 0.421. The van der Waals surface area contributed by atoms with E-state index in [-0.39, 0.29) is 23.9 Å². The van der Waals surface area contributed by atoms with Crippen LogP contribution in [-0.4, -0.2) is 23.0 Å². The molecular formula is C19H23N3O3. The second-order valence-corrected chi connectivity index (χ2v) is 6.47. The first-order valence-corrected chi connectivity index (χ1v) is 8.60. The standard InChI is InChI=1S/C19H23N3O3/c1-12-15(13(2)25-22-12)8-10-17(23)20-16-9-11-18(24)21-19(16)14-6-4-3-5-7-14/h3-7,16,19H,8-11H2,1-2H3,(H,20,23)(H,21,24)/t16-,19+/m1/s1. The van der Waals surface area contributed by atoms with Gasteiger partial charge in [0.1, 0.15) is 5.76 Å². The maximum atomic E-state index is 12.4. The average molecular weight is 341 g/mol. The Morgan fingerprint density at radius 3 is 2.76 bits per heavy atom. The number of aryl methyl sites for hydroxylation is 2. The van der Waals surface area contributed by atoms with Crippen molar-refractivity contribution in [1.29, 1.82) is 0 Å². The zero-order valence-electron chi connectivity index (χ0n) is 14.5. The van der Waals surface area contributed by atoms with Crippen LogP contribution in [0.1, 0.15) is 47.9 Å². The van der Waals surface area contributed by atoms with Gasteiger partial charge in [0, 0.05) is 18.4 Å². The number of carbonyl (C=O) groups excluding carboxylic acids is 2. The highest BCUT2D eigenvalue weighted by Gasteiger charge is 2.30. The van der Waals surface area contributed by atoms with Gasteiger partial charge in [0.15, 0.2) is 0 Å². The third-order valence-corrected chi connectivity index (χ3v) is 4.69. The van der Waals surface area contributed by atoms with Crippen molar-refractivity contribution in [1.82, 2.24) is 15.8 Å². The largest absolute Gasteiger partial charge is 0.361 e. The second kappa shape index (κ2) is 7.51. The Kier molecular flexibility index (Phi) is 5.16. The number of rotatable bonds is 5. The fourth-order valence-electron chi connectivity index (χ4n) is 3.31. The van der Waals surface area contributed by atoms with E-state index in [1.165, 1.54) is 0 Å². The summed E-state index contributed by atoms with van der Waals surface area (Å²) in [7, 11) is 0. The van der Waals surface area contributed by atoms with E-state index in [1.54, 1.807) is 0 Å². The lowest BCUT2D eigenvalue weighted by atomic mass is 9.91. The number of nitrogens with one attached hydrogen (secondary N) is 2. The van der Waals surface area contributed by atoms with Crippen LogP contribution in [0.3, 0.4) is 0 Å². The van der Waals surface area contributed by atoms with Crippen LogP contribution in [0.5, 0.6) is 0 Å². The highest BCUT2D eigenvalue weighted by Crippen LogP contribution is 2.24. The predicted octanol–water partition coefficient (Wildman–Crippen LogP) is 2.36. The van der Waals surface area contributed by atoms with E-state index in [0.29, 0.717) is 25.7 Å². The molecule has 3 rings (SSSR count). The fourth-order valence-corrected chi connectivity index (χ4v) is 3.31. The molecule has 2 atom stereocenters. The minimum Gasteiger partial charge on any atom is -0.361 e. The van der Waals surface area contributed by atoms with E-state index in [1.807, 2.05) is 44.2 Å². The Balaban J connectivity index is 1.63. The minimum atomic E-state index is -0.189. The molecule has 1 aromatic carbocycles. The molecule has 2 aromatic rings. The third kappa shape index (κ3) is 4.07. The molecule has 0 unspecified atom stereocenters. The first-order valence-electron chi connectivity index (χ1n) is 8.60. The van der Waals surface area contributed by atoms with Crippen LogP contribution in [0.15, 0.2) is 34.9 Å². The van der Waals surface area contributed by atoms with Gasteiger partial charge in [0.05, 0.1) is 17.8 Å². The molecule has 0 aliphatic carbocycles. The summed E-state index contributed by atoms with van der Waals surface area (Å²) in [5.74, 6) is 0.759. The van der Waals surface area contributed by atoms with Gasteiger partial charge in [-0.05, 0) is 32.3 Å². The van der Waals surface area contributed by atoms with Crippen LogP contribution in [0.2, 0.25) is 0 Å². The highest BCUT2D eigenvalue weighted by molar-refractivity contribution is 5.79. The zero-order chi connectivity index (χ0) is 17.8. The van der Waals surface area contributed by atoms with Gasteiger partial charge < -0.3 is 15.2 Å². The van der Waals surface area contributed by atoms with Crippen molar-refractivity contribution >= 4 is 11.8 Å². The molecule has 1 fully saturated rings. The topological polar surface area (TPSA) is 84.2 Å². The Labute approximate surface area is 147 Å². The number of aromatic nitrogens is 1. The molecule has 0 spiro atoms. The quantitative estimate of drug-likeness (QED) is 0.874. The van der Waals surface area contributed by atoms with Crippen LogP contribution in [0.4, 0.5) is 0 Å². The van der Waals surface area contributed by atoms with Crippen molar-refractivity contribution in [3.8, 4) is 0 Å². The van der Waals surface area contributed by atoms with Crippen molar-refractivity contribution < 1.29 is 14.1 Å². The van der Waals surface area contributed by atoms with Crippen LogP contribution in [0, 0.1) is 13.8 Å². The molecule has 1 aliphatic rings. The lowest BCUT2D eigenvalue weighted by Crippen LogP contribution is -2.50. The summed E-state index contributed by atoms with van der Waals surface area (Å²) < 4.78 is 5.14. The minimum absolute atomic E-state index is 0.0232. The number of nitrogens with zero attached hydrogens (tertiary/aromatic N) is 1. The molecule has 1 aromatic heterocycles. The molecule has 2 amide bonds. The molecule has 132 valence electrons. The van der Waals surface area contributed by atoms with Crippen molar-refractivity contribution in [2.45, 2.75) is 51.6 Å². The number of amides is 2. The molecule has 25 heavy (non-hydrogen) atoms. The van der Waals surface area contributed by atoms with Gasteiger partial charge in [-0.3, -0.25) is 9.59 Å². The summed E-state index contributed by atoms with van der Waals surface area (Å²) in [5.41, 5.74) is 2.83. The van der Waals surface area contributed by atoms with Crippen LogP contribution in [-0.2, 0) is 16.0 Å². The van der Waals surface area contributed by atoms with Gasteiger partial charge in [-0.25, -0.2) is 0 Å². The number of benzene rings is 1. The molecule has 2 heterocycles. The van der Waals surface area contributed by atoms with E-state index in [9.17, 15) is 9.59 Å². The monoisotopic (exact) mass is 341 g/mol. The zero-order valence-corrected chi connectivity index (χ0v) is 14.5. The van der Waals surface area contributed by atoms with Gasteiger partial charge >= 0.3 is 0 Å². The summed E-state index contributed by atoms with van der Waals surface area (Å²) in [4.78, 5) is 24.2. The van der Waals surface area contributed by atoms with E-state index in [4.69, 9.17) is 4.52 Å². The van der Waals surface area contributed by atoms with Crippen molar-refractivity contribution in [3.63, 3.8) is 0 Å². The first kappa shape index (κ1) is 17.2. The highest BCUT2D eigenvalue weighted by atomic mass is 16.5. The molecule has 0 bridgehead atoms. The Morgan fingerprint density at radius 1 is 1.32 bits per heavy atom. The van der Waals surface area contributed by atoms with Gasteiger partial charge in [-0.1, -0.05) is 35.5 Å². The molecule has 0 radical (unpaired) electrons. The smallest absolute Gasteiger partial charge is 0.220 e. The third-order valence-electron chi connectivity index (χ3n) is 4.69. The van der Waals surface area contributed by atoms with Gasteiger partial charge in [0.2, 0.25) is 11.8 Å². The van der Waals surface area contributed by atoms with E-state index >= 15 is 0 Å². The number of hydrogen-bond donors (Lipinski definition) is 2. The van der Waals surface area contributed by atoms with Crippen LogP contribution >= 0.6 is 0 Å². The number of hydrogen-bond acceptors (Lipinski definition) is 4. The van der Waals surface area contributed by atoms with Gasteiger partial charge in [-0.2, -0.15) is 0 Å². The first-order chi connectivity index (χ1) is 12.0. The molecular weight excluding hydrogens is 318 g/mol. The van der Waals surface area contributed by atoms with E-state index < -0.39 is 0 Å². The van der Waals surface area contributed by atoms with E-state index in [0.717, 1.165) is 22.6 Å². The Morgan fingerprint density at radius 2 is 2.08 bits per heavy atom. The van der Waals surface area contributed by atoms with Crippen molar-refractivity contribution in [2.75, 3.05) is 0 Å². The SMILES string of the molecule is Cc1noc(C)c1CCC(=O)N[C@@H]1CCC(=O)N[C@H]1c1ccccc1. The van der Waals surface area contributed by atoms with Gasteiger partial charge in [0.25, 0.3) is 0 Å². The molecule has 6 nitrogen and oxygen atoms in total. The normalized spacial score (nSPS) is 20.2. The Hall–Kier alpha value is -2.63.